The number of benzene rings is 1. The fourth-order valence-corrected chi connectivity index (χ4v) is 2.51. The molecule has 0 aliphatic carbocycles. The van der Waals surface area contributed by atoms with Crippen LogP contribution < -0.4 is 4.74 Å². The van der Waals surface area contributed by atoms with E-state index < -0.39 is 29.4 Å². The fraction of sp³-hybridized carbons (Fsp3) is 0.421. The minimum absolute atomic E-state index is 0.102. The number of hydrogen-bond acceptors (Lipinski definition) is 5. The predicted octanol–water partition coefficient (Wildman–Crippen LogP) is 2.87. The highest BCUT2D eigenvalue weighted by molar-refractivity contribution is 6.12. The van der Waals surface area contributed by atoms with Gasteiger partial charge in [0.05, 0.1) is 5.92 Å². The van der Waals surface area contributed by atoms with E-state index in [9.17, 15) is 14.4 Å². The Bertz CT molecular complexity index is 709. The molecule has 1 unspecified atom stereocenters. The van der Waals surface area contributed by atoms with Gasteiger partial charge in [-0.3, -0.25) is 9.59 Å². The Labute approximate surface area is 147 Å². The molecule has 3 amide bonds. The monoisotopic (exact) mass is 343 g/mol. The van der Waals surface area contributed by atoms with Gasteiger partial charge in [0, 0.05) is 6.42 Å². The van der Waals surface area contributed by atoms with Gasteiger partial charge in [-0.1, -0.05) is 18.1 Å². The van der Waals surface area contributed by atoms with Crippen LogP contribution in [-0.4, -0.2) is 35.0 Å². The average Bonchev–Trinajstić information content (AvgIpc) is 2.52. The first kappa shape index (κ1) is 18.5. The van der Waals surface area contributed by atoms with Crippen molar-refractivity contribution in [1.29, 1.82) is 0 Å². The molecule has 1 fully saturated rings. The minimum atomic E-state index is -0.929. The number of carbonyl (C=O) groups excluding carboxylic acids is 3. The van der Waals surface area contributed by atoms with Crippen molar-refractivity contribution in [2.24, 2.45) is 0 Å². The predicted molar refractivity (Wildman–Crippen MR) is 90.8 cm³/mol. The molecule has 1 aromatic rings. The lowest BCUT2D eigenvalue weighted by Crippen LogP contribution is -2.49. The molecular formula is C19H21NO5. The van der Waals surface area contributed by atoms with Crippen LogP contribution in [0.4, 0.5) is 4.79 Å². The number of carbonyl (C=O) groups is 3. The zero-order chi connectivity index (χ0) is 18.6. The van der Waals surface area contributed by atoms with Crippen LogP contribution in [0.25, 0.3) is 0 Å². The molecule has 6 heteroatoms. The van der Waals surface area contributed by atoms with Gasteiger partial charge in [-0.15, -0.1) is 6.42 Å². The minimum Gasteiger partial charge on any atom is -0.481 e. The van der Waals surface area contributed by atoms with Crippen molar-refractivity contribution in [3.63, 3.8) is 0 Å². The van der Waals surface area contributed by atoms with Crippen LogP contribution in [0.3, 0.4) is 0 Å². The fourth-order valence-electron chi connectivity index (χ4n) is 2.51. The number of piperidine rings is 1. The summed E-state index contributed by atoms with van der Waals surface area (Å²) in [5.41, 5.74) is -0.0836. The van der Waals surface area contributed by atoms with Gasteiger partial charge < -0.3 is 9.47 Å². The van der Waals surface area contributed by atoms with E-state index in [0.29, 0.717) is 22.6 Å². The number of imide groups is 3. The van der Waals surface area contributed by atoms with Gasteiger partial charge in [0.15, 0.2) is 0 Å². The molecular weight excluding hydrogens is 322 g/mol. The van der Waals surface area contributed by atoms with Gasteiger partial charge in [0.1, 0.15) is 18.0 Å². The third-order valence-corrected chi connectivity index (χ3v) is 3.60. The zero-order valence-electron chi connectivity index (χ0n) is 14.6. The number of ether oxygens (including phenoxy) is 2. The maximum atomic E-state index is 12.7. The summed E-state index contributed by atoms with van der Waals surface area (Å²) in [5, 5.41) is 0. The largest absolute Gasteiger partial charge is 0.481 e. The molecule has 6 nitrogen and oxygen atoms in total. The van der Waals surface area contributed by atoms with Gasteiger partial charge in [-0.05, 0) is 44.9 Å². The average molecular weight is 343 g/mol. The Hall–Kier alpha value is -2.81. The first-order valence-corrected chi connectivity index (χ1v) is 7.99. The number of hydrogen-bond donors (Lipinski definition) is 0. The van der Waals surface area contributed by atoms with Gasteiger partial charge in [-0.2, -0.15) is 4.90 Å². The summed E-state index contributed by atoms with van der Waals surface area (Å²) in [6.07, 6.45) is 4.66. The van der Waals surface area contributed by atoms with Crippen molar-refractivity contribution in [3.05, 3.63) is 29.8 Å². The Morgan fingerprint density at radius 3 is 2.48 bits per heavy atom. The Kier molecular flexibility index (Phi) is 5.48. The summed E-state index contributed by atoms with van der Waals surface area (Å²) in [4.78, 5) is 37.5. The molecule has 1 heterocycles. The molecule has 1 atom stereocenters. The van der Waals surface area contributed by atoms with Crippen molar-refractivity contribution in [2.45, 2.75) is 45.1 Å². The Morgan fingerprint density at radius 2 is 1.92 bits per heavy atom. The second-order valence-corrected chi connectivity index (χ2v) is 6.70. The molecule has 1 aromatic carbocycles. The Balaban J connectivity index is 2.17. The van der Waals surface area contributed by atoms with Crippen LogP contribution in [0.2, 0.25) is 0 Å². The highest BCUT2D eigenvalue weighted by atomic mass is 16.6. The molecule has 1 saturated heterocycles. The number of rotatable bonds is 3. The summed E-state index contributed by atoms with van der Waals surface area (Å²) < 4.78 is 10.5. The lowest BCUT2D eigenvalue weighted by atomic mass is 9.89. The van der Waals surface area contributed by atoms with E-state index in [-0.39, 0.29) is 13.0 Å². The summed E-state index contributed by atoms with van der Waals surface area (Å²) in [6.45, 7) is 5.19. The van der Waals surface area contributed by atoms with Crippen molar-refractivity contribution in [2.75, 3.05) is 6.61 Å². The van der Waals surface area contributed by atoms with Crippen LogP contribution in [0.15, 0.2) is 24.3 Å². The molecule has 1 aliphatic heterocycles. The first-order valence-electron chi connectivity index (χ1n) is 7.99. The van der Waals surface area contributed by atoms with E-state index >= 15 is 0 Å². The van der Waals surface area contributed by atoms with Crippen molar-refractivity contribution >= 4 is 17.9 Å². The highest BCUT2D eigenvalue weighted by Gasteiger charge is 2.41. The van der Waals surface area contributed by atoms with Gasteiger partial charge in [0.25, 0.3) is 0 Å². The van der Waals surface area contributed by atoms with Gasteiger partial charge in [0.2, 0.25) is 11.8 Å². The molecule has 2 rings (SSSR count). The smallest absolute Gasteiger partial charge is 0.424 e. The standard InChI is InChI=1S/C19H21NO5/c1-5-12-24-14-8-6-13(7-9-14)15-10-11-16(21)20(17(15)22)18(23)25-19(2,3)4/h1,6-9,15H,10-12H2,2-4H3. The summed E-state index contributed by atoms with van der Waals surface area (Å²) in [5.74, 6) is 1.28. The van der Waals surface area contributed by atoms with Crippen molar-refractivity contribution in [1.82, 2.24) is 4.90 Å². The van der Waals surface area contributed by atoms with Crippen LogP contribution >= 0.6 is 0 Å². The van der Waals surface area contributed by atoms with Gasteiger partial charge in [-0.25, -0.2) is 4.79 Å². The zero-order valence-corrected chi connectivity index (χ0v) is 14.6. The number of nitrogens with zero attached hydrogens (tertiary/aromatic N) is 1. The van der Waals surface area contributed by atoms with E-state index in [1.165, 1.54) is 0 Å². The van der Waals surface area contributed by atoms with Crippen LogP contribution in [-0.2, 0) is 14.3 Å². The van der Waals surface area contributed by atoms with E-state index in [1.807, 2.05) is 0 Å². The molecule has 0 bridgehead atoms. The maximum absolute atomic E-state index is 12.7. The second-order valence-electron chi connectivity index (χ2n) is 6.70. The number of likely N-dealkylation sites (tertiary alicyclic amines) is 1. The molecule has 0 aromatic heterocycles. The van der Waals surface area contributed by atoms with Crippen molar-refractivity contribution in [3.8, 4) is 18.1 Å². The number of terminal acetylenes is 1. The third-order valence-electron chi connectivity index (χ3n) is 3.60. The van der Waals surface area contributed by atoms with Crippen molar-refractivity contribution < 1.29 is 23.9 Å². The molecule has 132 valence electrons. The summed E-state index contributed by atoms with van der Waals surface area (Å²) in [7, 11) is 0. The highest BCUT2D eigenvalue weighted by Crippen LogP contribution is 2.31. The van der Waals surface area contributed by atoms with Crippen LogP contribution in [0, 0.1) is 12.3 Å². The quantitative estimate of drug-likeness (QED) is 0.623. The molecule has 0 N–H and O–H groups in total. The lowest BCUT2D eigenvalue weighted by molar-refractivity contribution is -0.147. The summed E-state index contributed by atoms with van der Waals surface area (Å²) in [6, 6.07) is 6.87. The lowest BCUT2D eigenvalue weighted by Gasteiger charge is -2.31. The Morgan fingerprint density at radius 1 is 1.28 bits per heavy atom. The van der Waals surface area contributed by atoms with E-state index in [4.69, 9.17) is 15.9 Å². The van der Waals surface area contributed by atoms with E-state index in [2.05, 4.69) is 5.92 Å². The first-order chi connectivity index (χ1) is 11.7. The summed E-state index contributed by atoms with van der Waals surface area (Å²) >= 11 is 0. The third kappa shape index (κ3) is 4.60. The van der Waals surface area contributed by atoms with Gasteiger partial charge >= 0.3 is 6.09 Å². The second kappa shape index (κ2) is 7.39. The molecule has 25 heavy (non-hydrogen) atoms. The normalized spacial score (nSPS) is 17.8. The maximum Gasteiger partial charge on any atom is 0.424 e. The van der Waals surface area contributed by atoms with E-state index in [0.717, 1.165) is 0 Å². The molecule has 0 spiro atoms. The molecule has 0 radical (unpaired) electrons. The molecule has 1 aliphatic rings. The van der Waals surface area contributed by atoms with Crippen LogP contribution in [0.5, 0.6) is 5.75 Å². The SMILES string of the molecule is C#CCOc1ccc(C2CCC(=O)N(C(=O)OC(C)(C)C)C2=O)cc1. The van der Waals surface area contributed by atoms with E-state index in [1.54, 1.807) is 45.0 Å². The topological polar surface area (TPSA) is 72.9 Å². The number of amides is 3. The van der Waals surface area contributed by atoms with Crippen LogP contribution in [0.1, 0.15) is 45.1 Å². The molecule has 0 saturated carbocycles.